The lowest BCUT2D eigenvalue weighted by Crippen LogP contribution is -2.38. The van der Waals surface area contributed by atoms with E-state index in [1.165, 1.54) is 11.3 Å². The average molecular weight is 458 g/mol. The number of carbonyl (C=O) groups excluding carboxylic acids is 1. The molecule has 0 amide bonds. The van der Waals surface area contributed by atoms with Gasteiger partial charge >= 0.3 is 0 Å². The Morgan fingerprint density at radius 2 is 1.94 bits per heavy atom. The van der Waals surface area contributed by atoms with Crippen LogP contribution >= 0.6 is 22.9 Å². The first-order valence-corrected chi connectivity index (χ1v) is 11.5. The predicted molar refractivity (Wildman–Crippen MR) is 125 cm³/mol. The Labute approximate surface area is 189 Å². The first kappa shape index (κ1) is 20.7. The molecular weight excluding hydrogens is 434 g/mol. The van der Waals surface area contributed by atoms with E-state index in [-0.39, 0.29) is 11.4 Å². The molecule has 2 aliphatic rings. The molecule has 8 heteroatoms. The van der Waals surface area contributed by atoms with Crippen LogP contribution in [0.25, 0.3) is 10.1 Å². The van der Waals surface area contributed by atoms with Crippen LogP contribution in [0.3, 0.4) is 0 Å². The van der Waals surface area contributed by atoms with Gasteiger partial charge in [-0.3, -0.25) is 4.79 Å². The number of benzene rings is 1. The standard InChI is InChI=1S/C23H24ClN3O3S/c1-23(2)11-16-15(12-30-23)17-18(25)21(19(28)13-3-5-14(24)6-4-13)31-20(17)22(26-16)27-7-9-29-10-8-27/h3-6H,7-12,25H2,1-2H3. The van der Waals surface area contributed by atoms with Crippen molar-refractivity contribution in [3.8, 4) is 0 Å². The highest BCUT2D eigenvalue weighted by Gasteiger charge is 2.33. The van der Waals surface area contributed by atoms with Crippen molar-refractivity contribution in [2.24, 2.45) is 0 Å². The first-order chi connectivity index (χ1) is 14.8. The molecule has 3 aromatic rings. The molecule has 2 aliphatic heterocycles. The van der Waals surface area contributed by atoms with Gasteiger partial charge in [0.25, 0.3) is 0 Å². The second-order valence-electron chi connectivity index (χ2n) is 8.57. The van der Waals surface area contributed by atoms with Gasteiger partial charge < -0.3 is 20.1 Å². The molecule has 4 heterocycles. The van der Waals surface area contributed by atoms with Gasteiger partial charge in [-0.05, 0) is 38.1 Å². The van der Waals surface area contributed by atoms with Crippen molar-refractivity contribution in [1.29, 1.82) is 0 Å². The predicted octanol–water partition coefficient (Wildman–Crippen LogP) is 4.45. The molecule has 2 aromatic heterocycles. The van der Waals surface area contributed by atoms with E-state index in [0.717, 1.165) is 40.3 Å². The Morgan fingerprint density at radius 3 is 2.65 bits per heavy atom. The van der Waals surface area contributed by atoms with E-state index in [4.69, 9.17) is 31.8 Å². The minimum atomic E-state index is -0.289. The number of nitrogens with two attached hydrogens (primary N) is 1. The lowest BCUT2D eigenvalue weighted by atomic mass is 9.93. The molecule has 2 N–H and O–H groups in total. The highest BCUT2D eigenvalue weighted by molar-refractivity contribution is 7.22. The third-order valence-corrected chi connectivity index (χ3v) is 7.32. The Morgan fingerprint density at radius 1 is 1.23 bits per heavy atom. The summed E-state index contributed by atoms with van der Waals surface area (Å²) in [7, 11) is 0. The Hall–Kier alpha value is -2.19. The van der Waals surface area contributed by atoms with Crippen LogP contribution in [0.15, 0.2) is 24.3 Å². The van der Waals surface area contributed by atoms with Gasteiger partial charge in [0.05, 0.1) is 46.4 Å². The van der Waals surface area contributed by atoms with Crippen molar-refractivity contribution in [2.45, 2.75) is 32.5 Å². The third kappa shape index (κ3) is 3.69. The largest absolute Gasteiger partial charge is 0.397 e. The molecule has 0 spiro atoms. The summed E-state index contributed by atoms with van der Waals surface area (Å²) < 4.78 is 12.6. The van der Waals surface area contributed by atoms with Gasteiger partial charge in [0.2, 0.25) is 5.78 Å². The van der Waals surface area contributed by atoms with Crippen molar-refractivity contribution >= 4 is 50.3 Å². The Balaban J connectivity index is 1.70. The van der Waals surface area contributed by atoms with Crippen LogP contribution in [-0.2, 0) is 22.5 Å². The maximum absolute atomic E-state index is 13.3. The van der Waals surface area contributed by atoms with Crippen molar-refractivity contribution < 1.29 is 14.3 Å². The molecule has 5 rings (SSSR count). The molecule has 162 valence electrons. The van der Waals surface area contributed by atoms with Crippen molar-refractivity contribution in [3.05, 3.63) is 51.0 Å². The normalized spacial score (nSPS) is 18.2. The summed E-state index contributed by atoms with van der Waals surface area (Å²) in [6.45, 7) is 7.42. The van der Waals surface area contributed by atoms with Crippen LogP contribution in [0.5, 0.6) is 0 Å². The summed E-state index contributed by atoms with van der Waals surface area (Å²) in [4.78, 5) is 21.2. The van der Waals surface area contributed by atoms with Gasteiger partial charge in [-0.1, -0.05) is 11.6 Å². The van der Waals surface area contributed by atoms with E-state index < -0.39 is 0 Å². The summed E-state index contributed by atoms with van der Waals surface area (Å²) >= 11 is 7.41. The van der Waals surface area contributed by atoms with Crippen molar-refractivity contribution in [2.75, 3.05) is 36.9 Å². The molecule has 1 aromatic carbocycles. The lowest BCUT2D eigenvalue weighted by Gasteiger charge is -2.34. The summed E-state index contributed by atoms with van der Waals surface area (Å²) in [5.41, 5.74) is 9.42. The molecule has 31 heavy (non-hydrogen) atoms. The number of nitrogen functional groups attached to an aromatic ring is 1. The number of pyridine rings is 1. The number of ketones is 1. The number of nitrogens with zero attached hydrogens (tertiary/aromatic N) is 2. The Kier molecular flexibility index (Phi) is 5.17. The minimum Gasteiger partial charge on any atom is -0.397 e. The van der Waals surface area contributed by atoms with E-state index in [9.17, 15) is 4.79 Å². The van der Waals surface area contributed by atoms with E-state index >= 15 is 0 Å². The fourth-order valence-corrected chi connectivity index (χ4v) is 5.56. The monoisotopic (exact) mass is 457 g/mol. The first-order valence-electron chi connectivity index (χ1n) is 10.3. The van der Waals surface area contributed by atoms with Gasteiger partial charge in [0.15, 0.2) is 0 Å². The zero-order valence-electron chi connectivity index (χ0n) is 17.5. The maximum atomic E-state index is 13.3. The Bertz CT molecular complexity index is 1170. The van der Waals surface area contributed by atoms with E-state index in [2.05, 4.69) is 18.7 Å². The summed E-state index contributed by atoms with van der Waals surface area (Å²) in [5, 5.41) is 1.50. The SMILES string of the molecule is CC1(C)Cc2nc(N3CCOCC3)c3sc(C(=O)c4ccc(Cl)cc4)c(N)c3c2CO1. The molecule has 0 radical (unpaired) electrons. The molecule has 6 nitrogen and oxygen atoms in total. The number of morpholine rings is 1. The van der Waals surface area contributed by atoms with Gasteiger partial charge in [0, 0.05) is 41.0 Å². The van der Waals surface area contributed by atoms with Crippen LogP contribution in [0.2, 0.25) is 5.02 Å². The van der Waals surface area contributed by atoms with Gasteiger partial charge in [-0.25, -0.2) is 4.98 Å². The summed E-state index contributed by atoms with van der Waals surface area (Å²) in [6, 6.07) is 6.90. The van der Waals surface area contributed by atoms with Gasteiger partial charge in [0.1, 0.15) is 5.82 Å². The van der Waals surface area contributed by atoms with Crippen LogP contribution in [0, 0.1) is 0 Å². The number of anilines is 2. The number of fused-ring (bicyclic) bond motifs is 3. The van der Waals surface area contributed by atoms with Crippen LogP contribution in [-0.4, -0.2) is 42.7 Å². The maximum Gasteiger partial charge on any atom is 0.205 e. The fraction of sp³-hybridized carbons (Fsp3) is 0.391. The van der Waals surface area contributed by atoms with Crippen LogP contribution < -0.4 is 10.6 Å². The fourth-order valence-electron chi connectivity index (χ4n) is 4.21. The summed E-state index contributed by atoms with van der Waals surface area (Å²) in [5.74, 6) is 0.788. The molecule has 0 atom stereocenters. The smallest absolute Gasteiger partial charge is 0.205 e. The molecule has 1 saturated heterocycles. The quantitative estimate of drug-likeness (QED) is 0.585. The highest BCUT2D eigenvalue weighted by atomic mass is 35.5. The van der Waals surface area contributed by atoms with Crippen LogP contribution in [0.1, 0.15) is 40.3 Å². The summed E-state index contributed by atoms with van der Waals surface area (Å²) in [6.07, 6.45) is 0.700. The lowest BCUT2D eigenvalue weighted by molar-refractivity contribution is -0.0405. The number of carbonyl (C=O) groups is 1. The molecule has 0 saturated carbocycles. The molecule has 1 fully saturated rings. The molecule has 0 bridgehead atoms. The number of rotatable bonds is 3. The van der Waals surface area contributed by atoms with Gasteiger partial charge in [-0.2, -0.15) is 0 Å². The number of aromatic nitrogens is 1. The molecule has 0 aliphatic carbocycles. The zero-order valence-corrected chi connectivity index (χ0v) is 19.1. The third-order valence-electron chi connectivity index (χ3n) is 5.86. The van der Waals surface area contributed by atoms with Crippen LogP contribution in [0.4, 0.5) is 11.5 Å². The average Bonchev–Trinajstić information content (AvgIpc) is 3.10. The number of hydrogen-bond acceptors (Lipinski definition) is 7. The zero-order chi connectivity index (χ0) is 21.8. The van der Waals surface area contributed by atoms with E-state index in [0.29, 0.717) is 47.4 Å². The second kappa shape index (κ2) is 7.74. The second-order valence-corrected chi connectivity index (χ2v) is 10.0. The van der Waals surface area contributed by atoms with Crippen molar-refractivity contribution in [1.82, 2.24) is 4.98 Å². The number of ether oxygens (including phenoxy) is 2. The highest BCUT2D eigenvalue weighted by Crippen LogP contribution is 2.45. The number of thiophene rings is 1. The topological polar surface area (TPSA) is 77.7 Å². The van der Waals surface area contributed by atoms with Gasteiger partial charge in [-0.15, -0.1) is 11.3 Å². The van der Waals surface area contributed by atoms with E-state index in [1.54, 1.807) is 24.3 Å². The van der Waals surface area contributed by atoms with E-state index in [1.807, 2.05) is 0 Å². The number of hydrogen-bond donors (Lipinski definition) is 1. The van der Waals surface area contributed by atoms with Crippen molar-refractivity contribution in [3.63, 3.8) is 0 Å². The number of halogens is 1. The molecular formula is C23H24ClN3O3S. The minimum absolute atomic E-state index is 0.103. The molecule has 0 unspecified atom stereocenters.